The van der Waals surface area contributed by atoms with Crippen LogP contribution in [0.5, 0.6) is 5.75 Å². The largest absolute Gasteiger partial charge is 0.494 e. The maximum absolute atomic E-state index is 5.54. The second-order valence-corrected chi connectivity index (χ2v) is 6.87. The van der Waals surface area contributed by atoms with Crippen LogP contribution in [0, 0.1) is 0 Å². The van der Waals surface area contributed by atoms with E-state index >= 15 is 0 Å². The molecule has 1 aliphatic heterocycles. The van der Waals surface area contributed by atoms with Gasteiger partial charge in [0.2, 0.25) is 0 Å². The van der Waals surface area contributed by atoms with Crippen LogP contribution in [0.1, 0.15) is 50.8 Å². The molecule has 1 saturated carbocycles. The van der Waals surface area contributed by atoms with Crippen LogP contribution in [0.3, 0.4) is 0 Å². The van der Waals surface area contributed by atoms with Crippen LogP contribution in [0.25, 0.3) is 5.69 Å². The smallest absolute Gasteiger partial charge is 0.177 e. The predicted molar refractivity (Wildman–Crippen MR) is 91.3 cm³/mol. The maximum Gasteiger partial charge on any atom is 0.177 e. The second kappa shape index (κ2) is 6.51. The number of methoxy groups -OCH3 is 1. The molecule has 1 aromatic carbocycles. The molecule has 2 fully saturated rings. The van der Waals surface area contributed by atoms with E-state index in [1.54, 1.807) is 7.11 Å². The van der Waals surface area contributed by atoms with Crippen molar-refractivity contribution in [1.29, 1.82) is 0 Å². The molecule has 128 valence electrons. The highest BCUT2D eigenvalue weighted by atomic mass is 16.5. The van der Waals surface area contributed by atoms with E-state index in [-0.39, 0.29) is 5.54 Å². The van der Waals surface area contributed by atoms with Crippen molar-refractivity contribution in [2.45, 2.75) is 50.5 Å². The third-order valence-corrected chi connectivity index (χ3v) is 5.59. The second-order valence-electron chi connectivity index (χ2n) is 6.87. The van der Waals surface area contributed by atoms with Crippen molar-refractivity contribution in [3.63, 3.8) is 0 Å². The molecule has 0 atom stereocenters. The van der Waals surface area contributed by atoms with Gasteiger partial charge in [-0.05, 0) is 61.3 Å². The Morgan fingerprint density at radius 3 is 2.50 bits per heavy atom. The van der Waals surface area contributed by atoms with Gasteiger partial charge in [0.05, 0.1) is 12.6 Å². The molecule has 0 bridgehead atoms. The molecule has 0 radical (unpaired) electrons. The minimum atomic E-state index is -0.0287. The zero-order valence-corrected chi connectivity index (χ0v) is 14.3. The first kappa shape index (κ1) is 15.6. The van der Waals surface area contributed by atoms with Crippen LogP contribution in [0.2, 0.25) is 0 Å². The van der Waals surface area contributed by atoms with Gasteiger partial charge in [-0.25, -0.2) is 0 Å². The van der Waals surface area contributed by atoms with Gasteiger partial charge in [0.1, 0.15) is 11.4 Å². The van der Waals surface area contributed by atoms with Crippen LogP contribution in [0.4, 0.5) is 0 Å². The summed E-state index contributed by atoms with van der Waals surface area (Å²) in [6, 6.07) is 7.97. The normalized spacial score (nSPS) is 21.0. The molecule has 6 heteroatoms. The SMILES string of the molecule is COc1ccccc1-n1nnnc1C1(N2CCCC2)CCCCC1. The van der Waals surface area contributed by atoms with Gasteiger partial charge in [0, 0.05) is 0 Å². The molecule has 2 aliphatic rings. The zero-order chi connectivity index (χ0) is 16.4. The van der Waals surface area contributed by atoms with Crippen LogP contribution in [0.15, 0.2) is 24.3 Å². The van der Waals surface area contributed by atoms with E-state index in [2.05, 4.69) is 20.4 Å². The molecule has 1 aromatic heterocycles. The minimum absolute atomic E-state index is 0.0287. The first-order valence-corrected chi connectivity index (χ1v) is 9.02. The summed E-state index contributed by atoms with van der Waals surface area (Å²) in [6.45, 7) is 2.30. The molecule has 2 heterocycles. The number of ether oxygens (including phenoxy) is 1. The van der Waals surface area contributed by atoms with Crippen LogP contribution >= 0.6 is 0 Å². The lowest BCUT2D eigenvalue weighted by Crippen LogP contribution is -2.47. The van der Waals surface area contributed by atoms with E-state index in [9.17, 15) is 0 Å². The lowest BCUT2D eigenvalue weighted by molar-refractivity contribution is 0.0594. The van der Waals surface area contributed by atoms with Crippen molar-refractivity contribution >= 4 is 0 Å². The van der Waals surface area contributed by atoms with E-state index in [1.807, 2.05) is 28.9 Å². The highest BCUT2D eigenvalue weighted by Gasteiger charge is 2.45. The topological polar surface area (TPSA) is 56.1 Å². The Hall–Kier alpha value is -1.95. The molecule has 1 aliphatic carbocycles. The highest BCUT2D eigenvalue weighted by molar-refractivity contribution is 5.46. The van der Waals surface area contributed by atoms with Gasteiger partial charge in [-0.15, -0.1) is 5.10 Å². The number of aromatic nitrogens is 4. The molecule has 4 rings (SSSR count). The van der Waals surface area contributed by atoms with Crippen LogP contribution in [-0.2, 0) is 5.54 Å². The Balaban J connectivity index is 1.81. The summed E-state index contributed by atoms with van der Waals surface area (Å²) in [5.41, 5.74) is 0.892. The molecule has 0 spiro atoms. The molecular formula is C18H25N5O. The summed E-state index contributed by atoms with van der Waals surface area (Å²) < 4.78 is 7.45. The van der Waals surface area contributed by atoms with Crippen molar-refractivity contribution in [2.75, 3.05) is 20.2 Å². The third-order valence-electron chi connectivity index (χ3n) is 5.59. The molecule has 0 N–H and O–H groups in total. The lowest BCUT2D eigenvalue weighted by atomic mass is 9.79. The number of benzene rings is 1. The van der Waals surface area contributed by atoms with Gasteiger partial charge in [0.25, 0.3) is 0 Å². The number of hydrogen-bond donors (Lipinski definition) is 0. The third kappa shape index (κ3) is 2.49. The Bertz CT molecular complexity index is 686. The summed E-state index contributed by atoms with van der Waals surface area (Å²) in [7, 11) is 1.69. The quantitative estimate of drug-likeness (QED) is 0.864. The van der Waals surface area contributed by atoms with E-state index in [0.29, 0.717) is 0 Å². The van der Waals surface area contributed by atoms with Gasteiger partial charge in [-0.1, -0.05) is 31.4 Å². The summed E-state index contributed by atoms with van der Waals surface area (Å²) >= 11 is 0. The van der Waals surface area contributed by atoms with Crippen molar-refractivity contribution in [3.8, 4) is 11.4 Å². The highest BCUT2D eigenvalue weighted by Crippen LogP contribution is 2.43. The van der Waals surface area contributed by atoms with Crippen molar-refractivity contribution in [3.05, 3.63) is 30.1 Å². The fourth-order valence-electron chi connectivity index (χ4n) is 4.41. The molecule has 6 nitrogen and oxygen atoms in total. The standard InChI is InChI=1S/C18H25N5O/c1-24-16-10-4-3-9-15(16)23-17(19-20-21-23)18(11-5-2-6-12-18)22-13-7-8-14-22/h3-4,9-10H,2,5-8,11-14H2,1H3. The first-order chi connectivity index (χ1) is 11.8. The Kier molecular flexibility index (Phi) is 4.22. The van der Waals surface area contributed by atoms with Gasteiger partial charge in [-0.2, -0.15) is 4.68 Å². The van der Waals surface area contributed by atoms with Gasteiger partial charge < -0.3 is 4.74 Å². The van der Waals surface area contributed by atoms with E-state index < -0.39 is 0 Å². The molecular weight excluding hydrogens is 302 g/mol. The minimum Gasteiger partial charge on any atom is -0.494 e. The fourth-order valence-corrected chi connectivity index (χ4v) is 4.41. The van der Waals surface area contributed by atoms with Gasteiger partial charge in [0.15, 0.2) is 5.82 Å². The van der Waals surface area contributed by atoms with Crippen molar-refractivity contribution < 1.29 is 4.74 Å². The first-order valence-electron chi connectivity index (χ1n) is 9.02. The van der Waals surface area contributed by atoms with E-state index in [1.165, 1.54) is 32.1 Å². The average Bonchev–Trinajstić information content (AvgIpc) is 3.34. The number of para-hydroxylation sites is 2. The molecule has 1 saturated heterocycles. The number of rotatable bonds is 4. The molecule has 24 heavy (non-hydrogen) atoms. The van der Waals surface area contributed by atoms with Crippen LogP contribution in [-0.4, -0.2) is 45.3 Å². The summed E-state index contributed by atoms with van der Waals surface area (Å²) in [6.07, 6.45) is 8.64. The Morgan fingerprint density at radius 1 is 1.00 bits per heavy atom. The predicted octanol–water partition coefficient (Wildman–Crippen LogP) is 2.93. The Labute approximate surface area is 142 Å². The molecule has 0 unspecified atom stereocenters. The van der Waals surface area contributed by atoms with Gasteiger partial charge >= 0.3 is 0 Å². The summed E-state index contributed by atoms with van der Waals surface area (Å²) in [4.78, 5) is 2.63. The number of likely N-dealkylation sites (tertiary alicyclic amines) is 1. The summed E-state index contributed by atoms with van der Waals surface area (Å²) in [5, 5.41) is 12.9. The molecule has 2 aromatic rings. The monoisotopic (exact) mass is 327 g/mol. The Morgan fingerprint density at radius 2 is 1.75 bits per heavy atom. The summed E-state index contributed by atoms with van der Waals surface area (Å²) in [5.74, 6) is 1.78. The van der Waals surface area contributed by atoms with E-state index in [0.717, 1.165) is 43.2 Å². The average molecular weight is 327 g/mol. The van der Waals surface area contributed by atoms with Crippen molar-refractivity contribution in [1.82, 2.24) is 25.1 Å². The fraction of sp³-hybridized carbons (Fsp3) is 0.611. The number of hydrogen-bond acceptors (Lipinski definition) is 5. The van der Waals surface area contributed by atoms with Gasteiger partial charge in [-0.3, -0.25) is 4.90 Å². The zero-order valence-electron chi connectivity index (χ0n) is 14.3. The number of tetrazole rings is 1. The molecule has 0 amide bonds. The van der Waals surface area contributed by atoms with Crippen LogP contribution < -0.4 is 4.74 Å². The number of nitrogens with zero attached hydrogens (tertiary/aromatic N) is 5. The van der Waals surface area contributed by atoms with E-state index in [4.69, 9.17) is 4.74 Å². The lowest BCUT2D eigenvalue weighted by Gasteiger charge is -2.43. The van der Waals surface area contributed by atoms with Crippen molar-refractivity contribution in [2.24, 2.45) is 0 Å². The maximum atomic E-state index is 5.54.